The summed E-state index contributed by atoms with van der Waals surface area (Å²) in [5, 5.41) is 7.51. The summed E-state index contributed by atoms with van der Waals surface area (Å²) in [5.41, 5.74) is 10.3. The molecule has 2 aliphatic heterocycles. The van der Waals surface area contributed by atoms with Crippen LogP contribution in [0.1, 0.15) is 22.3 Å². The molecule has 0 amide bonds. The van der Waals surface area contributed by atoms with Gasteiger partial charge in [-0.3, -0.25) is 0 Å². The summed E-state index contributed by atoms with van der Waals surface area (Å²) >= 11 is 0. The van der Waals surface area contributed by atoms with Crippen LogP contribution in [-0.4, -0.2) is 4.57 Å². The first-order valence-corrected chi connectivity index (χ1v) is 16.3. The van der Waals surface area contributed by atoms with Crippen LogP contribution in [0.5, 0.6) is 11.5 Å². The van der Waals surface area contributed by atoms with E-state index in [9.17, 15) is 0 Å². The largest absolute Gasteiger partial charge is 0.456 e. The molecule has 3 heterocycles. The molecule has 2 nitrogen and oxygen atoms in total. The van der Waals surface area contributed by atoms with Crippen molar-refractivity contribution in [2.45, 2.75) is 5.41 Å². The zero-order chi connectivity index (χ0) is 30.7. The molecule has 11 rings (SSSR count). The molecule has 9 aromatic rings. The smallest absolute Gasteiger partial charge is 0.140 e. The van der Waals surface area contributed by atoms with Gasteiger partial charge in [0.1, 0.15) is 11.5 Å². The number of hydrogen-bond donors (Lipinski definition) is 0. The van der Waals surface area contributed by atoms with E-state index in [0.29, 0.717) is 0 Å². The Morgan fingerprint density at radius 1 is 0.426 bits per heavy atom. The van der Waals surface area contributed by atoms with Gasteiger partial charge >= 0.3 is 0 Å². The van der Waals surface area contributed by atoms with Gasteiger partial charge in [-0.1, -0.05) is 140 Å². The molecular weight excluding hydrogens is 571 g/mol. The van der Waals surface area contributed by atoms with E-state index in [2.05, 4.69) is 168 Å². The monoisotopic (exact) mass is 597 g/mol. The van der Waals surface area contributed by atoms with E-state index in [0.717, 1.165) is 17.1 Å². The molecule has 218 valence electrons. The fourth-order valence-electron chi connectivity index (χ4n) is 8.83. The molecule has 1 atom stereocenters. The molecule has 47 heavy (non-hydrogen) atoms. The lowest BCUT2D eigenvalue weighted by Crippen LogP contribution is -2.37. The Balaban J connectivity index is 1.33. The van der Waals surface area contributed by atoms with E-state index >= 15 is 0 Å². The van der Waals surface area contributed by atoms with Gasteiger partial charge in [0.15, 0.2) is 0 Å². The quantitative estimate of drug-likeness (QED) is 0.172. The lowest BCUT2D eigenvalue weighted by molar-refractivity contribution is 0.435. The number of nitrogens with zero attached hydrogens (tertiary/aromatic N) is 1. The maximum Gasteiger partial charge on any atom is 0.140 e. The first kappa shape index (κ1) is 25.1. The zero-order valence-electron chi connectivity index (χ0n) is 25.4. The van der Waals surface area contributed by atoms with E-state index in [1.54, 1.807) is 0 Å². The van der Waals surface area contributed by atoms with Gasteiger partial charge in [0.25, 0.3) is 0 Å². The first-order chi connectivity index (χ1) is 23.3. The Hall–Kier alpha value is -6.12. The number of benzene rings is 8. The highest BCUT2D eigenvalue weighted by atomic mass is 16.5. The van der Waals surface area contributed by atoms with Crippen molar-refractivity contribution >= 4 is 43.4 Å². The number of fused-ring (bicyclic) bond motifs is 14. The Bertz CT molecular complexity index is 2790. The zero-order valence-corrected chi connectivity index (χ0v) is 25.4. The van der Waals surface area contributed by atoms with Crippen LogP contribution in [0.2, 0.25) is 0 Å². The molecule has 1 unspecified atom stereocenters. The Morgan fingerprint density at radius 3 is 1.98 bits per heavy atom. The SMILES string of the molecule is c1ccc2c(c1)Oc1c(-c3cc4ccccc4c4ccccc34)cccc1C21c2ccccc2-n2c3ccccc3c3cccc1c32. The van der Waals surface area contributed by atoms with Gasteiger partial charge < -0.3 is 9.30 Å². The Kier molecular flexibility index (Phi) is 4.80. The van der Waals surface area contributed by atoms with Crippen molar-refractivity contribution in [3.8, 4) is 28.3 Å². The van der Waals surface area contributed by atoms with Crippen molar-refractivity contribution in [1.82, 2.24) is 4.57 Å². The Morgan fingerprint density at radius 2 is 1.06 bits per heavy atom. The van der Waals surface area contributed by atoms with Gasteiger partial charge in [0.05, 0.1) is 22.1 Å². The number of aromatic nitrogens is 1. The predicted octanol–water partition coefficient (Wildman–Crippen LogP) is 11.6. The van der Waals surface area contributed by atoms with Crippen molar-refractivity contribution in [2.75, 3.05) is 0 Å². The van der Waals surface area contributed by atoms with Gasteiger partial charge in [-0.25, -0.2) is 0 Å². The molecule has 0 radical (unpaired) electrons. The molecule has 1 aromatic heterocycles. The highest BCUT2D eigenvalue weighted by molar-refractivity contribution is 6.15. The molecule has 0 saturated carbocycles. The fraction of sp³-hybridized carbons (Fsp3) is 0.0222. The molecular formula is C45H27NO. The van der Waals surface area contributed by atoms with E-state index in [1.807, 2.05) is 0 Å². The number of hydrogen-bond acceptors (Lipinski definition) is 1. The van der Waals surface area contributed by atoms with Gasteiger partial charge in [0, 0.05) is 27.5 Å². The van der Waals surface area contributed by atoms with Gasteiger partial charge in [-0.05, 0) is 62.5 Å². The fourth-order valence-corrected chi connectivity index (χ4v) is 8.83. The predicted molar refractivity (Wildman–Crippen MR) is 193 cm³/mol. The average molecular weight is 598 g/mol. The molecule has 8 aromatic carbocycles. The number of para-hydroxylation sites is 5. The van der Waals surface area contributed by atoms with E-state index in [1.165, 1.54) is 76.9 Å². The van der Waals surface area contributed by atoms with Crippen LogP contribution in [0.4, 0.5) is 0 Å². The highest BCUT2D eigenvalue weighted by Gasteiger charge is 2.50. The minimum absolute atomic E-state index is 0.590. The summed E-state index contributed by atoms with van der Waals surface area (Å²) in [6, 6.07) is 59.9. The second-order valence-electron chi connectivity index (χ2n) is 12.8. The van der Waals surface area contributed by atoms with Crippen molar-refractivity contribution in [3.05, 3.63) is 186 Å². The minimum atomic E-state index is -0.590. The second-order valence-corrected chi connectivity index (χ2v) is 12.8. The number of ether oxygens (including phenoxy) is 1. The average Bonchev–Trinajstić information content (AvgIpc) is 3.48. The maximum absolute atomic E-state index is 7.10. The van der Waals surface area contributed by atoms with E-state index in [4.69, 9.17) is 4.74 Å². The third kappa shape index (κ3) is 3.05. The summed E-state index contributed by atoms with van der Waals surface area (Å²) in [5.74, 6) is 1.82. The van der Waals surface area contributed by atoms with Gasteiger partial charge in [0.2, 0.25) is 0 Å². The molecule has 1 spiro atoms. The number of rotatable bonds is 1. The summed E-state index contributed by atoms with van der Waals surface area (Å²) in [6.07, 6.45) is 0. The third-order valence-corrected chi connectivity index (χ3v) is 10.6. The lowest BCUT2D eigenvalue weighted by atomic mass is 9.61. The van der Waals surface area contributed by atoms with Crippen molar-refractivity contribution in [3.63, 3.8) is 0 Å². The minimum Gasteiger partial charge on any atom is -0.456 e. The second kappa shape index (κ2) is 8.99. The van der Waals surface area contributed by atoms with Gasteiger partial charge in [-0.2, -0.15) is 0 Å². The summed E-state index contributed by atoms with van der Waals surface area (Å²) in [4.78, 5) is 0. The normalized spacial score (nSPS) is 15.9. The van der Waals surface area contributed by atoms with E-state index in [-0.39, 0.29) is 0 Å². The summed E-state index contributed by atoms with van der Waals surface area (Å²) in [6.45, 7) is 0. The van der Waals surface area contributed by atoms with Crippen LogP contribution in [-0.2, 0) is 5.41 Å². The van der Waals surface area contributed by atoms with Crippen LogP contribution in [0.25, 0.3) is 60.2 Å². The van der Waals surface area contributed by atoms with Crippen LogP contribution >= 0.6 is 0 Å². The highest BCUT2D eigenvalue weighted by Crippen LogP contribution is 2.61. The lowest BCUT2D eigenvalue weighted by Gasteiger charge is -2.45. The van der Waals surface area contributed by atoms with Crippen LogP contribution in [0, 0.1) is 0 Å². The molecule has 0 N–H and O–H groups in total. The van der Waals surface area contributed by atoms with Crippen molar-refractivity contribution in [2.24, 2.45) is 0 Å². The van der Waals surface area contributed by atoms with E-state index < -0.39 is 5.41 Å². The summed E-state index contributed by atoms with van der Waals surface area (Å²) in [7, 11) is 0. The standard InChI is InChI=1S/C45H27NO/c1-2-14-29-28(13-1)27-35(31-16-4-3-15-30(29)31)34-19-12-23-39-44(34)47-42-26-10-7-21-37(42)45(39)36-20-6-9-25-41(36)46-40-24-8-5-17-32(40)33-18-11-22-38(45)43(33)46/h1-27H. The Labute approximate surface area is 271 Å². The molecule has 2 aliphatic rings. The molecule has 0 bridgehead atoms. The third-order valence-electron chi connectivity index (χ3n) is 10.6. The van der Waals surface area contributed by atoms with Crippen molar-refractivity contribution < 1.29 is 4.74 Å². The van der Waals surface area contributed by atoms with Crippen LogP contribution in [0.3, 0.4) is 0 Å². The van der Waals surface area contributed by atoms with Crippen LogP contribution in [0.15, 0.2) is 164 Å². The maximum atomic E-state index is 7.10. The van der Waals surface area contributed by atoms with Crippen LogP contribution < -0.4 is 4.74 Å². The first-order valence-electron chi connectivity index (χ1n) is 16.3. The molecule has 0 saturated heterocycles. The molecule has 0 fully saturated rings. The summed E-state index contributed by atoms with van der Waals surface area (Å²) < 4.78 is 9.59. The molecule has 0 aliphatic carbocycles. The topological polar surface area (TPSA) is 14.2 Å². The van der Waals surface area contributed by atoms with Gasteiger partial charge in [-0.15, -0.1) is 0 Å². The van der Waals surface area contributed by atoms with Crippen molar-refractivity contribution in [1.29, 1.82) is 0 Å². The molecule has 2 heteroatoms.